The van der Waals surface area contributed by atoms with Gasteiger partial charge in [0.15, 0.2) is 0 Å². The van der Waals surface area contributed by atoms with Crippen molar-refractivity contribution in [1.29, 1.82) is 0 Å². The van der Waals surface area contributed by atoms with Crippen LogP contribution in [0.25, 0.3) is 0 Å². The zero-order valence-electron chi connectivity index (χ0n) is 15.4. The number of benzene rings is 1. The van der Waals surface area contributed by atoms with Gasteiger partial charge in [-0.2, -0.15) is 0 Å². The molecule has 0 atom stereocenters. The molecule has 1 aromatic rings. The smallest absolute Gasteiger partial charge is 0.317 e. The number of methoxy groups -OCH3 is 1. The maximum atomic E-state index is 12.7. The number of hydrogen-bond donors (Lipinski definition) is 3. The standard InChI is InChI=1S/C18H28N4O4/c1-3-20-18(24)22-9-6-13(7-10-22)21-17(23)15-5-4-14(25-2)12-16(15)26-11-8-19/h4-5,12-13H,3,6-11,19H2,1-2H3,(H,20,24)(H,21,23). The first-order valence-corrected chi connectivity index (χ1v) is 8.93. The van der Waals surface area contributed by atoms with E-state index in [1.54, 1.807) is 30.2 Å². The van der Waals surface area contributed by atoms with Crippen molar-refractivity contribution >= 4 is 11.9 Å². The summed E-state index contributed by atoms with van der Waals surface area (Å²) in [6, 6.07) is 5.07. The van der Waals surface area contributed by atoms with E-state index in [2.05, 4.69) is 10.6 Å². The van der Waals surface area contributed by atoms with Gasteiger partial charge in [-0.25, -0.2) is 4.79 Å². The average molecular weight is 364 g/mol. The second kappa shape index (κ2) is 9.86. The quantitative estimate of drug-likeness (QED) is 0.668. The number of ether oxygens (including phenoxy) is 2. The van der Waals surface area contributed by atoms with Crippen LogP contribution in [-0.2, 0) is 0 Å². The molecular formula is C18H28N4O4. The van der Waals surface area contributed by atoms with Gasteiger partial charge in [-0.1, -0.05) is 0 Å². The third-order valence-electron chi connectivity index (χ3n) is 4.25. The van der Waals surface area contributed by atoms with E-state index >= 15 is 0 Å². The van der Waals surface area contributed by atoms with Crippen molar-refractivity contribution in [2.45, 2.75) is 25.8 Å². The first kappa shape index (κ1) is 19.8. The first-order chi connectivity index (χ1) is 12.6. The summed E-state index contributed by atoms with van der Waals surface area (Å²) >= 11 is 0. The number of rotatable bonds is 7. The maximum Gasteiger partial charge on any atom is 0.317 e. The van der Waals surface area contributed by atoms with E-state index in [-0.39, 0.29) is 18.0 Å². The molecule has 26 heavy (non-hydrogen) atoms. The van der Waals surface area contributed by atoms with E-state index in [1.807, 2.05) is 6.92 Å². The Labute approximate surface area is 154 Å². The lowest BCUT2D eigenvalue weighted by atomic mass is 10.0. The summed E-state index contributed by atoms with van der Waals surface area (Å²) in [4.78, 5) is 26.3. The molecule has 1 aliphatic heterocycles. The predicted octanol–water partition coefficient (Wildman–Crippen LogP) is 0.956. The molecule has 1 fully saturated rings. The molecular weight excluding hydrogens is 336 g/mol. The molecule has 144 valence electrons. The molecule has 8 heteroatoms. The minimum atomic E-state index is -0.198. The number of carbonyl (C=O) groups excluding carboxylic acids is 2. The van der Waals surface area contributed by atoms with Crippen LogP contribution in [-0.4, -0.2) is 62.8 Å². The van der Waals surface area contributed by atoms with Gasteiger partial charge in [0.2, 0.25) is 0 Å². The average Bonchev–Trinajstić information content (AvgIpc) is 2.66. The predicted molar refractivity (Wildman–Crippen MR) is 98.7 cm³/mol. The Morgan fingerprint density at radius 3 is 2.65 bits per heavy atom. The fraction of sp³-hybridized carbons (Fsp3) is 0.556. The highest BCUT2D eigenvalue weighted by Crippen LogP contribution is 2.25. The van der Waals surface area contributed by atoms with Crippen LogP contribution in [0.4, 0.5) is 4.79 Å². The molecule has 0 unspecified atom stereocenters. The van der Waals surface area contributed by atoms with Crippen molar-refractivity contribution in [3.05, 3.63) is 23.8 Å². The number of nitrogens with two attached hydrogens (primary N) is 1. The van der Waals surface area contributed by atoms with E-state index in [0.717, 1.165) is 12.8 Å². The molecule has 0 radical (unpaired) electrons. The third kappa shape index (κ3) is 5.26. The van der Waals surface area contributed by atoms with E-state index in [9.17, 15) is 9.59 Å². The molecule has 0 aliphatic carbocycles. The molecule has 1 aromatic carbocycles. The molecule has 1 saturated heterocycles. The van der Waals surface area contributed by atoms with Crippen molar-refractivity contribution in [3.63, 3.8) is 0 Å². The van der Waals surface area contributed by atoms with Gasteiger partial charge in [-0.05, 0) is 31.9 Å². The zero-order valence-corrected chi connectivity index (χ0v) is 15.4. The van der Waals surface area contributed by atoms with Crippen LogP contribution >= 0.6 is 0 Å². The molecule has 1 heterocycles. The summed E-state index contributed by atoms with van der Waals surface area (Å²) in [5.41, 5.74) is 5.94. The number of nitrogens with one attached hydrogen (secondary N) is 2. The Morgan fingerprint density at radius 1 is 1.31 bits per heavy atom. The summed E-state index contributed by atoms with van der Waals surface area (Å²) in [6.45, 7) is 4.42. The van der Waals surface area contributed by atoms with Crippen LogP contribution < -0.4 is 25.8 Å². The normalized spacial score (nSPS) is 14.7. The van der Waals surface area contributed by atoms with Gasteiger partial charge < -0.3 is 30.7 Å². The van der Waals surface area contributed by atoms with Crippen molar-refractivity contribution in [2.75, 3.05) is 39.9 Å². The number of amides is 3. The summed E-state index contributed by atoms with van der Waals surface area (Å²) in [5.74, 6) is 0.868. The van der Waals surface area contributed by atoms with Crippen LogP contribution in [0.3, 0.4) is 0 Å². The summed E-state index contributed by atoms with van der Waals surface area (Å²) < 4.78 is 10.8. The Morgan fingerprint density at radius 2 is 2.04 bits per heavy atom. The molecule has 8 nitrogen and oxygen atoms in total. The fourth-order valence-electron chi connectivity index (χ4n) is 2.86. The molecule has 0 aromatic heterocycles. The first-order valence-electron chi connectivity index (χ1n) is 8.93. The largest absolute Gasteiger partial charge is 0.497 e. The number of urea groups is 1. The maximum absolute atomic E-state index is 12.7. The van der Waals surface area contributed by atoms with Gasteiger partial charge >= 0.3 is 6.03 Å². The summed E-state index contributed by atoms with van der Waals surface area (Å²) in [7, 11) is 1.56. The van der Waals surface area contributed by atoms with Gasteiger partial charge in [0, 0.05) is 38.3 Å². The Hall–Kier alpha value is -2.48. The molecule has 0 spiro atoms. The Kier molecular flexibility index (Phi) is 7.53. The third-order valence-corrected chi connectivity index (χ3v) is 4.25. The second-order valence-electron chi connectivity index (χ2n) is 6.07. The van der Waals surface area contributed by atoms with Crippen LogP contribution in [0.15, 0.2) is 18.2 Å². The molecule has 0 bridgehead atoms. The van der Waals surface area contributed by atoms with Gasteiger partial charge in [0.05, 0.1) is 12.7 Å². The second-order valence-corrected chi connectivity index (χ2v) is 6.07. The van der Waals surface area contributed by atoms with Crippen molar-refractivity contribution in [2.24, 2.45) is 5.73 Å². The van der Waals surface area contributed by atoms with Gasteiger partial charge in [0.1, 0.15) is 18.1 Å². The number of likely N-dealkylation sites (tertiary alicyclic amines) is 1. The van der Waals surface area contributed by atoms with Crippen molar-refractivity contribution in [1.82, 2.24) is 15.5 Å². The highest BCUT2D eigenvalue weighted by molar-refractivity contribution is 5.97. The number of hydrogen-bond acceptors (Lipinski definition) is 5. The lowest BCUT2D eigenvalue weighted by Gasteiger charge is -2.32. The SMILES string of the molecule is CCNC(=O)N1CCC(NC(=O)c2ccc(OC)cc2OCCN)CC1. The lowest BCUT2D eigenvalue weighted by Crippen LogP contribution is -2.49. The highest BCUT2D eigenvalue weighted by Gasteiger charge is 2.24. The monoisotopic (exact) mass is 364 g/mol. The molecule has 3 amide bonds. The Bertz CT molecular complexity index is 615. The van der Waals surface area contributed by atoms with E-state index in [4.69, 9.17) is 15.2 Å². The van der Waals surface area contributed by atoms with Gasteiger partial charge in [-0.3, -0.25) is 4.79 Å². The molecule has 0 saturated carbocycles. The van der Waals surface area contributed by atoms with Crippen LogP contribution in [0.5, 0.6) is 11.5 Å². The van der Waals surface area contributed by atoms with Gasteiger partial charge in [0.25, 0.3) is 5.91 Å². The lowest BCUT2D eigenvalue weighted by molar-refractivity contribution is 0.0914. The number of carbonyl (C=O) groups is 2. The molecule has 2 rings (SSSR count). The summed E-state index contributed by atoms with van der Waals surface area (Å²) in [5, 5.41) is 5.83. The van der Waals surface area contributed by atoms with Gasteiger partial charge in [-0.15, -0.1) is 0 Å². The Balaban J connectivity index is 1.96. The molecule has 1 aliphatic rings. The minimum absolute atomic E-state index is 0.0256. The van der Waals surface area contributed by atoms with Crippen molar-refractivity contribution in [3.8, 4) is 11.5 Å². The van der Waals surface area contributed by atoms with Crippen LogP contribution in [0, 0.1) is 0 Å². The fourth-order valence-corrected chi connectivity index (χ4v) is 2.86. The van der Waals surface area contributed by atoms with E-state index < -0.39 is 0 Å². The van der Waals surface area contributed by atoms with E-state index in [0.29, 0.717) is 49.8 Å². The molecule has 4 N–H and O–H groups in total. The van der Waals surface area contributed by atoms with Crippen LogP contribution in [0.2, 0.25) is 0 Å². The van der Waals surface area contributed by atoms with Crippen molar-refractivity contribution < 1.29 is 19.1 Å². The number of piperidine rings is 1. The highest BCUT2D eigenvalue weighted by atomic mass is 16.5. The zero-order chi connectivity index (χ0) is 18.9. The number of nitrogens with zero attached hydrogens (tertiary/aromatic N) is 1. The topological polar surface area (TPSA) is 106 Å². The minimum Gasteiger partial charge on any atom is -0.497 e. The van der Waals surface area contributed by atoms with Crippen LogP contribution in [0.1, 0.15) is 30.1 Å². The summed E-state index contributed by atoms with van der Waals surface area (Å²) in [6.07, 6.45) is 1.44. The van der Waals surface area contributed by atoms with E-state index in [1.165, 1.54) is 0 Å².